The molecule has 6 nitrogen and oxygen atoms in total. The highest BCUT2D eigenvalue weighted by molar-refractivity contribution is 5.93. The normalized spacial score (nSPS) is 15.9. The van der Waals surface area contributed by atoms with Crippen LogP contribution in [0.2, 0.25) is 0 Å². The van der Waals surface area contributed by atoms with Gasteiger partial charge in [0.05, 0.1) is 6.10 Å². The van der Waals surface area contributed by atoms with Crippen LogP contribution in [-0.4, -0.2) is 43.2 Å². The predicted molar refractivity (Wildman–Crippen MR) is 82.4 cm³/mol. The van der Waals surface area contributed by atoms with Gasteiger partial charge in [0.1, 0.15) is 5.82 Å². The minimum absolute atomic E-state index is 0.393. The summed E-state index contributed by atoms with van der Waals surface area (Å²) in [6, 6.07) is 3.37. The van der Waals surface area contributed by atoms with E-state index in [-0.39, 0.29) is 0 Å². The molecule has 2 heterocycles. The van der Waals surface area contributed by atoms with E-state index in [2.05, 4.69) is 15.6 Å². The number of pyridine rings is 1. The molecule has 1 aliphatic rings. The van der Waals surface area contributed by atoms with Gasteiger partial charge in [-0.25, -0.2) is 4.98 Å². The van der Waals surface area contributed by atoms with Crippen molar-refractivity contribution in [1.82, 2.24) is 10.3 Å². The van der Waals surface area contributed by atoms with Gasteiger partial charge >= 0.3 is 0 Å². The Labute approximate surface area is 125 Å². The lowest BCUT2D eigenvalue weighted by atomic mass is 10.1. The molecule has 0 atom stereocenters. The highest BCUT2D eigenvalue weighted by Crippen LogP contribution is 2.10. The van der Waals surface area contributed by atoms with Crippen molar-refractivity contribution in [3.63, 3.8) is 0 Å². The van der Waals surface area contributed by atoms with Gasteiger partial charge in [-0.2, -0.15) is 0 Å². The number of nitrogens with zero attached hydrogens (tertiary/aromatic N) is 1. The molecule has 4 N–H and O–H groups in total. The molecule has 1 aromatic heterocycles. The molecule has 0 saturated carbocycles. The van der Waals surface area contributed by atoms with Crippen molar-refractivity contribution in [3.05, 3.63) is 23.4 Å². The Morgan fingerprint density at radius 3 is 2.95 bits per heavy atom. The zero-order valence-corrected chi connectivity index (χ0v) is 12.5. The number of rotatable bonds is 7. The maximum Gasteiger partial charge on any atom is 0.248 e. The quantitative estimate of drug-likeness (QED) is 0.654. The third kappa shape index (κ3) is 5.32. The van der Waals surface area contributed by atoms with Crippen molar-refractivity contribution in [1.29, 1.82) is 0 Å². The van der Waals surface area contributed by atoms with Crippen molar-refractivity contribution in [3.8, 4) is 0 Å². The molecular weight excluding hydrogens is 268 g/mol. The smallest absolute Gasteiger partial charge is 0.248 e. The number of aromatic nitrogens is 1. The van der Waals surface area contributed by atoms with Crippen LogP contribution >= 0.6 is 0 Å². The molecule has 0 radical (unpaired) electrons. The minimum Gasteiger partial charge on any atom is -0.378 e. The molecule has 1 aliphatic heterocycles. The molecular formula is C15H24N4O2. The van der Waals surface area contributed by atoms with Gasteiger partial charge in [0.2, 0.25) is 5.91 Å². The van der Waals surface area contributed by atoms with E-state index in [1.54, 1.807) is 12.1 Å². The Balaban J connectivity index is 1.69. The van der Waals surface area contributed by atoms with E-state index >= 15 is 0 Å². The Kier molecular flexibility index (Phi) is 5.95. The van der Waals surface area contributed by atoms with Crippen LogP contribution in [0.4, 0.5) is 5.82 Å². The lowest BCUT2D eigenvalue weighted by Crippen LogP contribution is -2.32. The van der Waals surface area contributed by atoms with Gasteiger partial charge in [0.25, 0.3) is 0 Å². The van der Waals surface area contributed by atoms with Crippen LogP contribution in [0.25, 0.3) is 0 Å². The highest BCUT2D eigenvalue weighted by atomic mass is 16.5. The molecule has 0 unspecified atom stereocenters. The summed E-state index contributed by atoms with van der Waals surface area (Å²) in [5.41, 5.74) is 6.55. The lowest BCUT2D eigenvalue weighted by Gasteiger charge is -2.22. The summed E-state index contributed by atoms with van der Waals surface area (Å²) in [7, 11) is 0. The number of ether oxygens (including phenoxy) is 1. The average molecular weight is 292 g/mol. The van der Waals surface area contributed by atoms with Crippen LogP contribution in [0.1, 0.15) is 35.3 Å². The molecule has 1 amide bonds. The van der Waals surface area contributed by atoms with Crippen molar-refractivity contribution in [2.75, 3.05) is 31.6 Å². The summed E-state index contributed by atoms with van der Waals surface area (Å²) in [6.07, 6.45) is 3.49. The fraction of sp³-hybridized carbons (Fsp3) is 0.600. The number of carbonyl (C=O) groups excluding carboxylic acids is 1. The van der Waals surface area contributed by atoms with Crippen molar-refractivity contribution in [2.24, 2.45) is 5.73 Å². The zero-order valence-electron chi connectivity index (χ0n) is 12.5. The molecule has 0 spiro atoms. The van der Waals surface area contributed by atoms with Crippen molar-refractivity contribution >= 4 is 11.7 Å². The first kappa shape index (κ1) is 15.7. The van der Waals surface area contributed by atoms with Gasteiger partial charge in [-0.1, -0.05) is 0 Å². The van der Waals surface area contributed by atoms with Crippen LogP contribution in [-0.2, 0) is 4.74 Å². The molecule has 6 heteroatoms. The zero-order chi connectivity index (χ0) is 15.1. The molecule has 0 aromatic carbocycles. The second-order valence-electron chi connectivity index (χ2n) is 5.35. The van der Waals surface area contributed by atoms with Crippen molar-refractivity contribution < 1.29 is 9.53 Å². The predicted octanol–water partition coefficient (Wildman–Crippen LogP) is 1.06. The number of hydrogen-bond donors (Lipinski definition) is 3. The lowest BCUT2D eigenvalue weighted by molar-refractivity contribution is 0.0329. The van der Waals surface area contributed by atoms with Crippen molar-refractivity contribution in [2.45, 2.75) is 32.3 Å². The fourth-order valence-corrected chi connectivity index (χ4v) is 2.40. The fourth-order valence-electron chi connectivity index (χ4n) is 2.40. The maximum atomic E-state index is 11.2. The SMILES string of the molecule is Cc1cc(C(N)=O)cc(NCCCOC2CCNCC2)n1. The first-order valence-corrected chi connectivity index (χ1v) is 7.50. The monoisotopic (exact) mass is 292 g/mol. The molecule has 21 heavy (non-hydrogen) atoms. The van der Waals surface area contributed by atoms with Crippen LogP contribution in [0.5, 0.6) is 0 Å². The van der Waals surface area contributed by atoms with E-state index < -0.39 is 5.91 Å². The Bertz CT molecular complexity index is 473. The summed E-state index contributed by atoms with van der Waals surface area (Å²) in [5, 5.41) is 6.53. The first-order chi connectivity index (χ1) is 10.1. The second kappa shape index (κ2) is 7.95. The molecule has 1 saturated heterocycles. The van der Waals surface area contributed by atoms with Gasteiger partial charge in [0, 0.05) is 24.4 Å². The average Bonchev–Trinajstić information content (AvgIpc) is 2.47. The molecule has 1 fully saturated rings. The Hall–Kier alpha value is -1.66. The number of aryl methyl sites for hydroxylation is 1. The van der Waals surface area contributed by atoms with Gasteiger partial charge in [-0.05, 0) is 51.4 Å². The van der Waals surface area contributed by atoms with E-state index in [0.717, 1.165) is 51.2 Å². The molecule has 0 aliphatic carbocycles. The first-order valence-electron chi connectivity index (χ1n) is 7.50. The number of carbonyl (C=O) groups is 1. The van der Waals surface area contributed by atoms with E-state index in [9.17, 15) is 4.79 Å². The van der Waals surface area contributed by atoms with Crippen LogP contribution < -0.4 is 16.4 Å². The van der Waals surface area contributed by atoms with Crippen LogP contribution in [0.15, 0.2) is 12.1 Å². The van der Waals surface area contributed by atoms with E-state index in [4.69, 9.17) is 10.5 Å². The Morgan fingerprint density at radius 1 is 1.48 bits per heavy atom. The summed E-state index contributed by atoms with van der Waals surface area (Å²) in [5.74, 6) is 0.253. The number of piperidine rings is 1. The van der Waals surface area contributed by atoms with Gasteiger partial charge < -0.3 is 21.1 Å². The number of amides is 1. The number of anilines is 1. The molecule has 116 valence electrons. The summed E-state index contributed by atoms with van der Waals surface area (Å²) < 4.78 is 5.83. The van der Waals surface area contributed by atoms with Crippen LogP contribution in [0, 0.1) is 6.92 Å². The van der Waals surface area contributed by atoms with E-state index in [0.29, 0.717) is 17.5 Å². The third-order valence-corrected chi connectivity index (χ3v) is 3.50. The second-order valence-corrected chi connectivity index (χ2v) is 5.35. The minimum atomic E-state index is -0.433. The van der Waals surface area contributed by atoms with E-state index in [1.807, 2.05) is 6.92 Å². The Morgan fingerprint density at radius 2 is 2.24 bits per heavy atom. The van der Waals surface area contributed by atoms with Crippen LogP contribution in [0.3, 0.4) is 0 Å². The number of nitrogens with two attached hydrogens (primary N) is 1. The topological polar surface area (TPSA) is 89.3 Å². The molecule has 1 aromatic rings. The maximum absolute atomic E-state index is 11.2. The molecule has 0 bridgehead atoms. The van der Waals surface area contributed by atoms with E-state index in [1.165, 1.54) is 0 Å². The standard InChI is InChI=1S/C15H24N4O2/c1-11-9-12(15(16)20)10-14(19-11)18-5-2-8-21-13-3-6-17-7-4-13/h9-10,13,17H,2-8H2,1H3,(H2,16,20)(H,18,19). The number of primary amides is 1. The van der Waals surface area contributed by atoms with Gasteiger partial charge in [0.15, 0.2) is 0 Å². The highest BCUT2D eigenvalue weighted by Gasteiger charge is 2.12. The summed E-state index contributed by atoms with van der Waals surface area (Å²) in [6.45, 7) is 5.45. The third-order valence-electron chi connectivity index (χ3n) is 3.50. The largest absolute Gasteiger partial charge is 0.378 e. The summed E-state index contributed by atoms with van der Waals surface area (Å²) >= 11 is 0. The number of nitrogens with one attached hydrogen (secondary N) is 2. The van der Waals surface area contributed by atoms with Gasteiger partial charge in [-0.3, -0.25) is 4.79 Å². The summed E-state index contributed by atoms with van der Waals surface area (Å²) in [4.78, 5) is 15.5. The van der Waals surface area contributed by atoms with Gasteiger partial charge in [-0.15, -0.1) is 0 Å². The molecule has 2 rings (SSSR count). The number of hydrogen-bond acceptors (Lipinski definition) is 5.